The van der Waals surface area contributed by atoms with Crippen LogP contribution in [0, 0.1) is 0 Å². The summed E-state index contributed by atoms with van der Waals surface area (Å²) < 4.78 is 16.8. The summed E-state index contributed by atoms with van der Waals surface area (Å²) in [5.74, 6) is -0.942. The largest absolute Gasteiger partial charge is 0.462 e. The van der Waals surface area contributed by atoms with E-state index in [0.29, 0.717) is 19.3 Å². The van der Waals surface area contributed by atoms with Gasteiger partial charge in [-0.05, 0) is 83.5 Å². The molecule has 0 fully saturated rings. The number of hydrogen-bond donors (Lipinski definition) is 0. The van der Waals surface area contributed by atoms with Crippen LogP contribution in [0.1, 0.15) is 290 Å². The molecule has 398 valence electrons. The number of rotatable bonds is 53. The second kappa shape index (κ2) is 57.4. The normalized spacial score (nSPS) is 12.6. The number of esters is 3. The fourth-order valence-electron chi connectivity index (χ4n) is 8.30. The number of allylic oxidation sites excluding steroid dienone is 12. The SMILES string of the molecule is CC/C=C\C/C=C\C/C=C\C/C=C\C/C=C\CCCC(=O)OC[C@H](COC(=O)CCCCCCCCCCCCCCC)OC(=O)CCCCCCCCCCCCC/C=C\CCCCCCCC. The Hall–Kier alpha value is -3.15. The summed E-state index contributed by atoms with van der Waals surface area (Å²) in [7, 11) is 0. The quantitative estimate of drug-likeness (QED) is 0.0262. The van der Waals surface area contributed by atoms with Crippen LogP contribution in [0.15, 0.2) is 72.9 Å². The first kappa shape index (κ1) is 65.8. The molecule has 0 saturated carbocycles. The van der Waals surface area contributed by atoms with Gasteiger partial charge in [-0.1, -0.05) is 261 Å². The molecule has 0 spiro atoms. The molecule has 0 aromatic rings. The number of hydrogen-bond acceptors (Lipinski definition) is 6. The van der Waals surface area contributed by atoms with Gasteiger partial charge in [-0.25, -0.2) is 0 Å². The number of unbranched alkanes of at least 4 members (excludes halogenated alkanes) is 30. The molecule has 0 aliphatic carbocycles. The van der Waals surface area contributed by atoms with Gasteiger partial charge in [0.25, 0.3) is 0 Å². The zero-order chi connectivity index (χ0) is 50.0. The highest BCUT2D eigenvalue weighted by molar-refractivity contribution is 5.71. The van der Waals surface area contributed by atoms with Crippen LogP contribution in [0.25, 0.3) is 0 Å². The average molecular weight is 964 g/mol. The van der Waals surface area contributed by atoms with Crippen molar-refractivity contribution in [2.24, 2.45) is 0 Å². The third-order valence-electron chi connectivity index (χ3n) is 12.7. The van der Waals surface area contributed by atoms with E-state index in [0.717, 1.165) is 77.0 Å². The fourth-order valence-corrected chi connectivity index (χ4v) is 8.30. The summed E-state index contributed by atoms with van der Waals surface area (Å²) in [4.78, 5) is 38.1. The zero-order valence-corrected chi connectivity index (χ0v) is 45.6. The van der Waals surface area contributed by atoms with Crippen LogP contribution in [0.2, 0.25) is 0 Å². The minimum absolute atomic E-state index is 0.0906. The Morgan fingerprint density at radius 3 is 0.957 bits per heavy atom. The molecule has 0 aromatic heterocycles. The van der Waals surface area contributed by atoms with Gasteiger partial charge in [-0.15, -0.1) is 0 Å². The van der Waals surface area contributed by atoms with Gasteiger partial charge in [0, 0.05) is 19.3 Å². The van der Waals surface area contributed by atoms with Crippen LogP contribution in [0.5, 0.6) is 0 Å². The van der Waals surface area contributed by atoms with Gasteiger partial charge in [0.15, 0.2) is 6.10 Å². The minimum Gasteiger partial charge on any atom is -0.462 e. The van der Waals surface area contributed by atoms with Gasteiger partial charge in [0.1, 0.15) is 13.2 Å². The van der Waals surface area contributed by atoms with E-state index in [2.05, 4.69) is 93.7 Å². The summed E-state index contributed by atoms with van der Waals surface area (Å²) in [6.45, 7) is 6.50. The molecule has 0 radical (unpaired) electrons. The molecule has 0 saturated heterocycles. The van der Waals surface area contributed by atoms with E-state index in [4.69, 9.17) is 14.2 Å². The predicted octanol–water partition coefficient (Wildman–Crippen LogP) is 19.8. The van der Waals surface area contributed by atoms with E-state index in [1.807, 2.05) is 0 Å². The van der Waals surface area contributed by atoms with E-state index >= 15 is 0 Å². The molecular weight excluding hydrogens is 853 g/mol. The van der Waals surface area contributed by atoms with Crippen molar-refractivity contribution in [2.75, 3.05) is 13.2 Å². The van der Waals surface area contributed by atoms with E-state index in [-0.39, 0.29) is 37.5 Å². The van der Waals surface area contributed by atoms with Crippen molar-refractivity contribution < 1.29 is 28.6 Å². The summed E-state index contributed by atoms with van der Waals surface area (Å²) in [5.41, 5.74) is 0. The maximum absolute atomic E-state index is 12.9. The van der Waals surface area contributed by atoms with Gasteiger partial charge in [0.2, 0.25) is 0 Å². The lowest BCUT2D eigenvalue weighted by Crippen LogP contribution is -2.30. The van der Waals surface area contributed by atoms with Gasteiger partial charge >= 0.3 is 17.9 Å². The Morgan fingerprint density at radius 1 is 0.304 bits per heavy atom. The van der Waals surface area contributed by atoms with E-state index in [9.17, 15) is 14.4 Å². The molecule has 1 atom stereocenters. The third kappa shape index (κ3) is 55.6. The fraction of sp³-hybridized carbons (Fsp3) is 0.762. The molecule has 6 nitrogen and oxygen atoms in total. The Kier molecular flexibility index (Phi) is 54.8. The summed E-state index contributed by atoms with van der Waals surface area (Å²) in [5, 5.41) is 0. The van der Waals surface area contributed by atoms with Crippen molar-refractivity contribution in [1.82, 2.24) is 0 Å². The molecule has 0 rings (SSSR count). The molecule has 0 amide bonds. The molecule has 0 unspecified atom stereocenters. The average Bonchev–Trinajstić information content (AvgIpc) is 3.35. The van der Waals surface area contributed by atoms with Crippen molar-refractivity contribution in [3.63, 3.8) is 0 Å². The van der Waals surface area contributed by atoms with Crippen LogP contribution in [0.4, 0.5) is 0 Å². The van der Waals surface area contributed by atoms with Crippen molar-refractivity contribution in [3.05, 3.63) is 72.9 Å². The summed E-state index contributed by atoms with van der Waals surface area (Å²) in [6.07, 6.45) is 73.3. The van der Waals surface area contributed by atoms with Crippen LogP contribution in [-0.4, -0.2) is 37.2 Å². The zero-order valence-electron chi connectivity index (χ0n) is 45.6. The van der Waals surface area contributed by atoms with E-state index in [1.165, 1.54) is 167 Å². The van der Waals surface area contributed by atoms with Crippen molar-refractivity contribution >= 4 is 17.9 Å². The molecule has 0 N–H and O–H groups in total. The van der Waals surface area contributed by atoms with Gasteiger partial charge in [0.05, 0.1) is 0 Å². The lowest BCUT2D eigenvalue weighted by atomic mass is 10.0. The Labute approximate surface area is 427 Å². The molecule has 0 aliphatic rings. The van der Waals surface area contributed by atoms with Crippen molar-refractivity contribution in [2.45, 2.75) is 297 Å². The Bertz CT molecular complexity index is 1290. The van der Waals surface area contributed by atoms with Crippen molar-refractivity contribution in [3.8, 4) is 0 Å². The molecule has 0 aliphatic heterocycles. The first-order chi connectivity index (χ1) is 34.0. The summed E-state index contributed by atoms with van der Waals surface area (Å²) in [6, 6.07) is 0. The van der Waals surface area contributed by atoms with Gasteiger partial charge in [-0.3, -0.25) is 14.4 Å². The highest BCUT2D eigenvalue weighted by Gasteiger charge is 2.19. The number of carbonyl (C=O) groups excluding carboxylic acids is 3. The molecule has 0 bridgehead atoms. The lowest BCUT2D eigenvalue weighted by molar-refractivity contribution is -0.167. The standard InChI is InChI=1S/C63H110O6/c1-4-7-10-13-16-19-22-25-27-29-30-31-32-34-36-39-42-45-48-51-54-57-63(66)69-60(58-67-61(64)55-52-49-46-43-40-37-24-21-18-15-12-9-6-3)59-68-62(65)56-53-50-47-44-41-38-35-33-28-26-23-20-17-14-11-8-5-2/h8,11,17,20,25-28,35,38,44,47,60H,4-7,9-10,12-16,18-19,21-24,29-34,36-37,39-43,45-46,48-59H2,1-3H3/b11-8-,20-17-,27-25-,28-26-,38-35-,47-44-/t60-/m0/s1. The highest BCUT2D eigenvalue weighted by Crippen LogP contribution is 2.16. The molecule has 6 heteroatoms. The van der Waals surface area contributed by atoms with Gasteiger partial charge in [-0.2, -0.15) is 0 Å². The Morgan fingerprint density at radius 2 is 0.580 bits per heavy atom. The van der Waals surface area contributed by atoms with Crippen LogP contribution in [-0.2, 0) is 28.6 Å². The summed E-state index contributed by atoms with van der Waals surface area (Å²) >= 11 is 0. The maximum Gasteiger partial charge on any atom is 0.306 e. The highest BCUT2D eigenvalue weighted by atomic mass is 16.6. The maximum atomic E-state index is 12.9. The third-order valence-corrected chi connectivity index (χ3v) is 12.7. The van der Waals surface area contributed by atoms with E-state index < -0.39 is 6.10 Å². The molecular formula is C63H110O6. The smallest absolute Gasteiger partial charge is 0.306 e. The van der Waals surface area contributed by atoms with E-state index in [1.54, 1.807) is 0 Å². The minimum atomic E-state index is -0.797. The van der Waals surface area contributed by atoms with Crippen LogP contribution >= 0.6 is 0 Å². The monoisotopic (exact) mass is 963 g/mol. The lowest BCUT2D eigenvalue weighted by Gasteiger charge is -2.18. The molecule has 0 aromatic carbocycles. The topological polar surface area (TPSA) is 78.9 Å². The second-order valence-electron chi connectivity index (χ2n) is 19.5. The number of ether oxygens (including phenoxy) is 3. The van der Waals surface area contributed by atoms with Gasteiger partial charge < -0.3 is 14.2 Å². The predicted molar refractivity (Wildman–Crippen MR) is 298 cm³/mol. The van der Waals surface area contributed by atoms with Crippen LogP contribution < -0.4 is 0 Å². The second-order valence-corrected chi connectivity index (χ2v) is 19.5. The number of carbonyl (C=O) groups is 3. The van der Waals surface area contributed by atoms with Crippen molar-refractivity contribution in [1.29, 1.82) is 0 Å². The first-order valence-electron chi connectivity index (χ1n) is 29.4. The van der Waals surface area contributed by atoms with Crippen LogP contribution in [0.3, 0.4) is 0 Å². The molecule has 69 heavy (non-hydrogen) atoms. The Balaban J connectivity index is 4.40. The first-order valence-corrected chi connectivity index (χ1v) is 29.4. The molecule has 0 heterocycles.